The first-order valence-electron chi connectivity index (χ1n) is 7.62. The highest BCUT2D eigenvalue weighted by molar-refractivity contribution is 9.10. The standard InChI is InChI=1S/C19H22BrN/c1-15-3-5-16(6-4-15)19(11-13-21(2)14-12-19)17-7-9-18(20)10-8-17/h3-10H,11-14H2,1-2H3. The Morgan fingerprint density at radius 2 is 1.33 bits per heavy atom. The van der Waals surface area contributed by atoms with Crippen LogP contribution in [0.5, 0.6) is 0 Å². The van der Waals surface area contributed by atoms with Crippen LogP contribution >= 0.6 is 15.9 Å². The van der Waals surface area contributed by atoms with Gasteiger partial charge in [0.15, 0.2) is 0 Å². The first kappa shape index (κ1) is 14.8. The molecular formula is C19H22BrN. The molecule has 0 spiro atoms. The van der Waals surface area contributed by atoms with E-state index in [0.717, 1.165) is 17.6 Å². The average molecular weight is 344 g/mol. The lowest BCUT2D eigenvalue weighted by atomic mass is 9.68. The Morgan fingerprint density at radius 1 is 0.857 bits per heavy atom. The van der Waals surface area contributed by atoms with Crippen molar-refractivity contribution in [1.82, 2.24) is 4.90 Å². The Bertz CT molecular complexity index is 545. The van der Waals surface area contributed by atoms with Crippen molar-refractivity contribution in [2.24, 2.45) is 0 Å². The highest BCUT2D eigenvalue weighted by atomic mass is 79.9. The van der Waals surface area contributed by atoms with Gasteiger partial charge >= 0.3 is 0 Å². The van der Waals surface area contributed by atoms with Gasteiger partial charge in [0.05, 0.1) is 0 Å². The third-order valence-electron chi connectivity index (χ3n) is 4.84. The van der Waals surface area contributed by atoms with Crippen LogP contribution in [0.2, 0.25) is 0 Å². The topological polar surface area (TPSA) is 3.24 Å². The highest BCUT2D eigenvalue weighted by Gasteiger charge is 2.36. The second kappa shape index (κ2) is 5.94. The summed E-state index contributed by atoms with van der Waals surface area (Å²) in [5.41, 5.74) is 4.41. The molecule has 3 rings (SSSR count). The number of hydrogen-bond donors (Lipinski definition) is 0. The van der Waals surface area contributed by atoms with Crippen molar-refractivity contribution in [1.29, 1.82) is 0 Å². The third-order valence-corrected chi connectivity index (χ3v) is 5.37. The van der Waals surface area contributed by atoms with Gasteiger partial charge in [0.25, 0.3) is 0 Å². The summed E-state index contributed by atoms with van der Waals surface area (Å²) in [7, 11) is 2.22. The van der Waals surface area contributed by atoms with Crippen LogP contribution in [-0.2, 0) is 5.41 Å². The maximum Gasteiger partial charge on any atom is 0.0227 e. The molecule has 0 radical (unpaired) electrons. The zero-order valence-corrected chi connectivity index (χ0v) is 14.4. The Hall–Kier alpha value is -1.12. The Labute approximate surface area is 136 Å². The highest BCUT2D eigenvalue weighted by Crippen LogP contribution is 2.41. The van der Waals surface area contributed by atoms with Gasteiger partial charge in [-0.25, -0.2) is 0 Å². The third kappa shape index (κ3) is 2.93. The van der Waals surface area contributed by atoms with Crippen molar-refractivity contribution in [3.63, 3.8) is 0 Å². The van der Waals surface area contributed by atoms with Crippen molar-refractivity contribution in [3.05, 3.63) is 69.7 Å². The minimum atomic E-state index is 0.168. The number of aryl methyl sites for hydroxylation is 1. The number of nitrogens with zero attached hydrogens (tertiary/aromatic N) is 1. The van der Waals surface area contributed by atoms with Gasteiger partial charge in [-0.05, 0) is 63.2 Å². The smallest absolute Gasteiger partial charge is 0.0227 e. The van der Waals surface area contributed by atoms with Crippen LogP contribution < -0.4 is 0 Å². The number of piperidine rings is 1. The van der Waals surface area contributed by atoms with Crippen LogP contribution in [-0.4, -0.2) is 25.0 Å². The molecule has 1 saturated heterocycles. The normalized spacial score (nSPS) is 18.6. The molecule has 0 unspecified atom stereocenters. The van der Waals surface area contributed by atoms with Crippen molar-refractivity contribution in [2.75, 3.05) is 20.1 Å². The van der Waals surface area contributed by atoms with Crippen molar-refractivity contribution in [3.8, 4) is 0 Å². The van der Waals surface area contributed by atoms with E-state index in [-0.39, 0.29) is 5.41 Å². The summed E-state index contributed by atoms with van der Waals surface area (Å²) >= 11 is 3.55. The molecule has 0 aromatic heterocycles. The maximum atomic E-state index is 3.55. The van der Waals surface area contributed by atoms with Gasteiger partial charge in [0, 0.05) is 9.89 Å². The van der Waals surface area contributed by atoms with Gasteiger partial charge < -0.3 is 4.90 Å². The zero-order valence-electron chi connectivity index (χ0n) is 12.8. The Balaban J connectivity index is 2.06. The van der Waals surface area contributed by atoms with Crippen molar-refractivity contribution in [2.45, 2.75) is 25.2 Å². The minimum absolute atomic E-state index is 0.168. The molecule has 2 aromatic carbocycles. The van der Waals surface area contributed by atoms with E-state index < -0.39 is 0 Å². The summed E-state index contributed by atoms with van der Waals surface area (Å²) in [6.07, 6.45) is 2.38. The molecule has 0 atom stereocenters. The van der Waals surface area contributed by atoms with E-state index in [2.05, 4.69) is 83.3 Å². The molecular weight excluding hydrogens is 322 g/mol. The monoisotopic (exact) mass is 343 g/mol. The van der Waals surface area contributed by atoms with E-state index in [1.165, 1.54) is 29.5 Å². The molecule has 1 heterocycles. The van der Waals surface area contributed by atoms with E-state index in [1.54, 1.807) is 0 Å². The number of hydrogen-bond acceptors (Lipinski definition) is 1. The largest absolute Gasteiger partial charge is 0.306 e. The first-order chi connectivity index (χ1) is 10.1. The second-order valence-corrected chi connectivity index (χ2v) is 7.17. The van der Waals surface area contributed by atoms with Crippen LogP contribution in [0, 0.1) is 6.92 Å². The van der Waals surface area contributed by atoms with Crippen LogP contribution in [0.1, 0.15) is 29.5 Å². The molecule has 0 bridgehead atoms. The number of halogens is 1. The Kier molecular flexibility index (Phi) is 4.19. The lowest BCUT2D eigenvalue weighted by Crippen LogP contribution is -2.41. The van der Waals surface area contributed by atoms with E-state index in [0.29, 0.717) is 0 Å². The van der Waals surface area contributed by atoms with E-state index >= 15 is 0 Å². The summed E-state index contributed by atoms with van der Waals surface area (Å²) in [5.74, 6) is 0. The number of rotatable bonds is 2. The molecule has 2 aromatic rings. The lowest BCUT2D eigenvalue weighted by molar-refractivity contribution is 0.213. The molecule has 110 valence electrons. The Morgan fingerprint density at radius 3 is 1.86 bits per heavy atom. The first-order valence-corrected chi connectivity index (χ1v) is 8.41. The van der Waals surface area contributed by atoms with Gasteiger partial charge in [-0.3, -0.25) is 0 Å². The maximum absolute atomic E-state index is 3.55. The number of likely N-dealkylation sites (tertiary alicyclic amines) is 1. The fourth-order valence-electron chi connectivity index (χ4n) is 3.39. The molecule has 0 amide bonds. The van der Waals surface area contributed by atoms with E-state index in [4.69, 9.17) is 0 Å². The summed E-state index contributed by atoms with van der Waals surface area (Å²) in [4.78, 5) is 2.44. The van der Waals surface area contributed by atoms with Crippen LogP contribution in [0.25, 0.3) is 0 Å². The lowest BCUT2D eigenvalue weighted by Gasteiger charge is -2.42. The average Bonchev–Trinajstić information content (AvgIpc) is 2.50. The molecule has 2 heteroatoms. The fourth-order valence-corrected chi connectivity index (χ4v) is 3.65. The van der Waals surface area contributed by atoms with E-state index in [9.17, 15) is 0 Å². The van der Waals surface area contributed by atoms with Crippen LogP contribution in [0.15, 0.2) is 53.0 Å². The van der Waals surface area contributed by atoms with Crippen LogP contribution in [0.3, 0.4) is 0 Å². The molecule has 0 saturated carbocycles. The van der Waals surface area contributed by atoms with Crippen LogP contribution in [0.4, 0.5) is 0 Å². The molecule has 1 aliphatic heterocycles. The summed E-state index contributed by atoms with van der Waals surface area (Å²) in [6, 6.07) is 18.0. The molecule has 1 nitrogen and oxygen atoms in total. The summed E-state index contributed by atoms with van der Waals surface area (Å²) < 4.78 is 1.15. The van der Waals surface area contributed by atoms with Crippen molar-refractivity contribution >= 4 is 15.9 Å². The fraction of sp³-hybridized carbons (Fsp3) is 0.368. The molecule has 1 fully saturated rings. The predicted molar refractivity (Wildman–Crippen MR) is 92.8 cm³/mol. The molecule has 1 aliphatic rings. The number of benzene rings is 2. The quantitative estimate of drug-likeness (QED) is 0.759. The van der Waals surface area contributed by atoms with Gasteiger partial charge in [0.1, 0.15) is 0 Å². The zero-order chi connectivity index (χ0) is 14.9. The van der Waals surface area contributed by atoms with Gasteiger partial charge in [-0.15, -0.1) is 0 Å². The molecule has 21 heavy (non-hydrogen) atoms. The van der Waals surface area contributed by atoms with Gasteiger partial charge in [-0.2, -0.15) is 0 Å². The predicted octanol–water partition coefficient (Wildman–Crippen LogP) is 4.77. The summed E-state index contributed by atoms with van der Waals surface area (Å²) in [6.45, 7) is 4.47. The molecule has 0 aliphatic carbocycles. The summed E-state index contributed by atoms with van der Waals surface area (Å²) in [5, 5.41) is 0. The SMILES string of the molecule is Cc1ccc(C2(c3ccc(Br)cc3)CCN(C)CC2)cc1. The molecule has 0 N–H and O–H groups in total. The van der Waals surface area contributed by atoms with Gasteiger partial charge in [-0.1, -0.05) is 57.9 Å². The minimum Gasteiger partial charge on any atom is -0.306 e. The second-order valence-electron chi connectivity index (χ2n) is 6.26. The van der Waals surface area contributed by atoms with Crippen molar-refractivity contribution < 1.29 is 0 Å². The van der Waals surface area contributed by atoms with E-state index in [1.807, 2.05) is 0 Å². The van der Waals surface area contributed by atoms with Gasteiger partial charge in [0.2, 0.25) is 0 Å².